The second-order valence-corrected chi connectivity index (χ2v) is 7.61. The molecular weight excluding hydrogens is 451 g/mol. The average Bonchev–Trinajstić information content (AvgIpc) is 2.96. The van der Waals surface area contributed by atoms with Crippen LogP contribution in [0, 0.1) is 0 Å². The molecule has 25 heavy (non-hydrogen) atoms. The van der Waals surface area contributed by atoms with Crippen molar-refractivity contribution in [1.82, 2.24) is 16.0 Å². The van der Waals surface area contributed by atoms with E-state index >= 15 is 0 Å². The number of nitrogens with zero attached hydrogens (tertiary/aromatic N) is 1. The predicted molar refractivity (Wildman–Crippen MR) is 116 cm³/mol. The van der Waals surface area contributed by atoms with Crippen molar-refractivity contribution in [2.24, 2.45) is 4.99 Å². The molecule has 0 aromatic carbocycles. The van der Waals surface area contributed by atoms with E-state index in [-0.39, 0.29) is 30.1 Å². The molecule has 8 heteroatoms. The molecule has 0 aliphatic rings. The first-order valence-electron chi connectivity index (χ1n) is 8.33. The van der Waals surface area contributed by atoms with Crippen molar-refractivity contribution in [2.75, 3.05) is 20.1 Å². The van der Waals surface area contributed by atoms with Crippen LogP contribution in [-0.2, 0) is 17.7 Å². The Balaban J connectivity index is 0.00000576. The highest BCUT2D eigenvalue weighted by Crippen LogP contribution is 2.16. The first-order chi connectivity index (χ1) is 11.3. The first-order valence-corrected chi connectivity index (χ1v) is 9.14. The molecule has 144 valence electrons. The SMILES string of the molecule is CCc1ccc(CNC(=NC)NCCCNC(=O)OC(C)(C)C)s1.I. The van der Waals surface area contributed by atoms with E-state index in [0.29, 0.717) is 6.54 Å². The fourth-order valence-corrected chi connectivity index (χ4v) is 2.80. The van der Waals surface area contributed by atoms with Gasteiger partial charge in [-0.3, -0.25) is 4.99 Å². The molecule has 1 rings (SSSR count). The number of hydrogen-bond acceptors (Lipinski definition) is 4. The Hall–Kier alpha value is -1.03. The van der Waals surface area contributed by atoms with Crippen LogP contribution in [0.4, 0.5) is 4.79 Å². The highest BCUT2D eigenvalue weighted by Gasteiger charge is 2.15. The fraction of sp³-hybridized carbons (Fsp3) is 0.647. The summed E-state index contributed by atoms with van der Waals surface area (Å²) in [7, 11) is 1.75. The average molecular weight is 482 g/mol. The number of rotatable bonds is 7. The van der Waals surface area contributed by atoms with Crippen LogP contribution in [0.5, 0.6) is 0 Å². The molecule has 0 saturated heterocycles. The van der Waals surface area contributed by atoms with Gasteiger partial charge in [-0.05, 0) is 45.7 Å². The van der Waals surface area contributed by atoms with Crippen LogP contribution in [0.2, 0.25) is 0 Å². The van der Waals surface area contributed by atoms with Gasteiger partial charge in [0, 0.05) is 29.9 Å². The lowest BCUT2D eigenvalue weighted by molar-refractivity contribution is 0.0527. The van der Waals surface area contributed by atoms with Crippen LogP contribution in [0.3, 0.4) is 0 Å². The maximum atomic E-state index is 11.5. The zero-order valence-corrected chi connectivity index (χ0v) is 18.9. The van der Waals surface area contributed by atoms with Crippen molar-refractivity contribution in [3.63, 3.8) is 0 Å². The van der Waals surface area contributed by atoms with Crippen molar-refractivity contribution >= 4 is 47.4 Å². The second-order valence-electron chi connectivity index (χ2n) is 6.36. The van der Waals surface area contributed by atoms with Gasteiger partial charge in [-0.1, -0.05) is 6.92 Å². The summed E-state index contributed by atoms with van der Waals surface area (Å²) in [4.78, 5) is 18.4. The summed E-state index contributed by atoms with van der Waals surface area (Å²) >= 11 is 1.82. The lowest BCUT2D eigenvalue weighted by atomic mass is 10.2. The first kappa shape index (κ1) is 24.0. The van der Waals surface area contributed by atoms with Crippen molar-refractivity contribution in [3.8, 4) is 0 Å². The number of nitrogens with one attached hydrogen (secondary N) is 3. The molecule has 3 N–H and O–H groups in total. The third-order valence-electron chi connectivity index (χ3n) is 3.03. The van der Waals surface area contributed by atoms with Crippen molar-refractivity contribution < 1.29 is 9.53 Å². The molecule has 0 fully saturated rings. The number of ether oxygens (including phenoxy) is 1. The minimum Gasteiger partial charge on any atom is -0.444 e. The highest BCUT2D eigenvalue weighted by molar-refractivity contribution is 14.0. The quantitative estimate of drug-likeness (QED) is 0.241. The van der Waals surface area contributed by atoms with Gasteiger partial charge in [0.15, 0.2) is 5.96 Å². The molecule has 1 amide bonds. The van der Waals surface area contributed by atoms with E-state index in [1.165, 1.54) is 9.75 Å². The molecule has 1 aromatic rings. The molecule has 1 aromatic heterocycles. The largest absolute Gasteiger partial charge is 0.444 e. The molecule has 0 saturated carbocycles. The summed E-state index contributed by atoms with van der Waals surface area (Å²) in [6, 6.07) is 4.31. The lowest BCUT2D eigenvalue weighted by Gasteiger charge is -2.19. The van der Waals surface area contributed by atoms with Crippen LogP contribution in [0.25, 0.3) is 0 Å². The third kappa shape index (κ3) is 11.2. The number of amides is 1. The highest BCUT2D eigenvalue weighted by atomic mass is 127. The molecular formula is C17H31IN4O2S. The summed E-state index contributed by atoms with van der Waals surface area (Å²) < 4.78 is 5.18. The molecule has 0 aliphatic heterocycles. The predicted octanol–water partition coefficient (Wildman–Crippen LogP) is 3.51. The molecule has 0 aliphatic carbocycles. The Morgan fingerprint density at radius 3 is 2.36 bits per heavy atom. The van der Waals surface area contributed by atoms with Crippen molar-refractivity contribution in [2.45, 2.75) is 52.7 Å². The Labute approximate surface area is 172 Å². The lowest BCUT2D eigenvalue weighted by Crippen LogP contribution is -2.38. The van der Waals surface area contributed by atoms with Gasteiger partial charge in [-0.2, -0.15) is 0 Å². The van der Waals surface area contributed by atoms with Crippen molar-refractivity contribution in [1.29, 1.82) is 0 Å². The van der Waals surface area contributed by atoms with Gasteiger partial charge in [0.25, 0.3) is 0 Å². The number of thiophene rings is 1. The smallest absolute Gasteiger partial charge is 0.407 e. The number of hydrogen-bond donors (Lipinski definition) is 3. The van der Waals surface area contributed by atoms with Gasteiger partial charge < -0.3 is 20.7 Å². The van der Waals surface area contributed by atoms with E-state index in [2.05, 4.69) is 40.0 Å². The number of carbonyl (C=O) groups is 1. The number of carbonyl (C=O) groups excluding carboxylic acids is 1. The van der Waals surface area contributed by atoms with Gasteiger partial charge in [0.1, 0.15) is 5.60 Å². The topological polar surface area (TPSA) is 74.8 Å². The third-order valence-corrected chi connectivity index (χ3v) is 4.26. The second kappa shape index (κ2) is 12.3. The fourth-order valence-electron chi connectivity index (χ4n) is 1.90. The molecule has 0 radical (unpaired) electrons. The standard InChI is InChI=1S/C17H30N4O2S.HI/c1-6-13-8-9-14(24-13)12-21-15(18-5)19-10-7-11-20-16(22)23-17(2,3)4;/h8-9H,6-7,10-12H2,1-5H3,(H,20,22)(H2,18,19,21);1H. The zero-order valence-electron chi connectivity index (χ0n) is 15.8. The van der Waals surface area contributed by atoms with Crippen LogP contribution in [0.15, 0.2) is 17.1 Å². The van der Waals surface area contributed by atoms with Gasteiger partial charge in [-0.15, -0.1) is 35.3 Å². The Kier molecular flexibility index (Phi) is 11.8. The summed E-state index contributed by atoms with van der Waals surface area (Å²) in [6.45, 7) is 9.75. The van der Waals surface area contributed by atoms with E-state index in [9.17, 15) is 4.79 Å². The zero-order chi connectivity index (χ0) is 18.0. The van der Waals surface area contributed by atoms with E-state index in [0.717, 1.165) is 31.9 Å². The summed E-state index contributed by atoms with van der Waals surface area (Å²) in [5, 5.41) is 9.26. The Morgan fingerprint density at radius 1 is 1.16 bits per heavy atom. The van der Waals surface area contributed by atoms with Crippen LogP contribution < -0.4 is 16.0 Å². The van der Waals surface area contributed by atoms with Crippen LogP contribution in [-0.4, -0.2) is 37.8 Å². The van der Waals surface area contributed by atoms with E-state index < -0.39 is 5.60 Å². The molecule has 0 unspecified atom stereocenters. The van der Waals surface area contributed by atoms with Gasteiger partial charge in [0.05, 0.1) is 6.54 Å². The van der Waals surface area contributed by atoms with Crippen LogP contribution >= 0.6 is 35.3 Å². The monoisotopic (exact) mass is 482 g/mol. The Morgan fingerprint density at radius 2 is 1.80 bits per heavy atom. The summed E-state index contributed by atoms with van der Waals surface area (Å²) in [5.41, 5.74) is -0.465. The summed E-state index contributed by atoms with van der Waals surface area (Å²) in [6.07, 6.45) is 1.48. The van der Waals surface area contributed by atoms with Crippen LogP contribution in [0.1, 0.15) is 43.9 Å². The maximum Gasteiger partial charge on any atom is 0.407 e. The molecule has 0 bridgehead atoms. The van der Waals surface area contributed by atoms with E-state index in [1.54, 1.807) is 7.05 Å². The van der Waals surface area contributed by atoms with E-state index in [4.69, 9.17) is 4.74 Å². The van der Waals surface area contributed by atoms with Gasteiger partial charge in [0.2, 0.25) is 0 Å². The number of aliphatic imine (C=N–C) groups is 1. The minimum atomic E-state index is -0.465. The number of aryl methyl sites for hydroxylation is 1. The Bertz CT molecular complexity index is 541. The molecule has 0 atom stereocenters. The molecule has 1 heterocycles. The van der Waals surface area contributed by atoms with Gasteiger partial charge in [-0.25, -0.2) is 4.79 Å². The minimum absolute atomic E-state index is 0. The number of alkyl carbamates (subject to hydrolysis) is 1. The normalized spacial score (nSPS) is 11.5. The summed E-state index contributed by atoms with van der Waals surface area (Å²) in [5.74, 6) is 0.763. The molecule has 6 nitrogen and oxygen atoms in total. The molecule has 0 spiro atoms. The maximum absolute atomic E-state index is 11.5. The number of halogens is 1. The van der Waals surface area contributed by atoms with Crippen molar-refractivity contribution in [3.05, 3.63) is 21.9 Å². The number of guanidine groups is 1. The van der Waals surface area contributed by atoms with E-state index in [1.807, 2.05) is 32.1 Å². The van der Waals surface area contributed by atoms with Gasteiger partial charge >= 0.3 is 6.09 Å².